The standard InChI is InChI=1S/C18H21N3O6/c1-10-7-11(5-6-14(10)21(26)27)17(23)19-8-15(22)20-9-12-3-2-4-13(12)16(20)18(24)25/h5-7,12-13,16H,2-4,8-9H2,1H3,(H,19,23)(H,24,25). The maximum absolute atomic E-state index is 12.5. The van der Waals surface area contributed by atoms with Gasteiger partial charge in [-0.3, -0.25) is 19.7 Å². The van der Waals surface area contributed by atoms with Gasteiger partial charge in [0.2, 0.25) is 5.91 Å². The second-order valence-electron chi connectivity index (χ2n) is 7.13. The van der Waals surface area contributed by atoms with Gasteiger partial charge in [0.25, 0.3) is 11.6 Å². The van der Waals surface area contributed by atoms with Crippen molar-refractivity contribution in [2.75, 3.05) is 13.1 Å². The van der Waals surface area contributed by atoms with E-state index in [0.717, 1.165) is 19.3 Å². The van der Waals surface area contributed by atoms with E-state index < -0.39 is 28.7 Å². The second-order valence-corrected chi connectivity index (χ2v) is 7.13. The first-order valence-corrected chi connectivity index (χ1v) is 8.85. The lowest BCUT2D eigenvalue weighted by molar-refractivity contribution is -0.385. The topological polar surface area (TPSA) is 130 Å². The van der Waals surface area contributed by atoms with Crippen molar-refractivity contribution in [2.24, 2.45) is 11.8 Å². The zero-order valence-electron chi connectivity index (χ0n) is 14.9. The predicted molar refractivity (Wildman–Crippen MR) is 94.1 cm³/mol. The molecule has 3 atom stereocenters. The summed E-state index contributed by atoms with van der Waals surface area (Å²) < 4.78 is 0. The van der Waals surface area contributed by atoms with Crippen LogP contribution < -0.4 is 5.32 Å². The van der Waals surface area contributed by atoms with Crippen molar-refractivity contribution < 1.29 is 24.4 Å². The van der Waals surface area contributed by atoms with Crippen LogP contribution in [-0.4, -0.2) is 51.8 Å². The van der Waals surface area contributed by atoms with E-state index in [1.807, 2.05) is 0 Å². The molecule has 1 aliphatic heterocycles. The lowest BCUT2D eigenvalue weighted by Gasteiger charge is -2.24. The molecule has 27 heavy (non-hydrogen) atoms. The summed E-state index contributed by atoms with van der Waals surface area (Å²) in [4.78, 5) is 48.0. The SMILES string of the molecule is Cc1cc(C(=O)NCC(=O)N2CC3CCCC3C2C(=O)O)ccc1[N+](=O)[O-]. The van der Waals surface area contributed by atoms with Crippen LogP contribution in [0.5, 0.6) is 0 Å². The fraction of sp³-hybridized carbons (Fsp3) is 0.500. The number of carbonyl (C=O) groups is 3. The Morgan fingerprint density at radius 1 is 1.33 bits per heavy atom. The third-order valence-electron chi connectivity index (χ3n) is 5.52. The predicted octanol–water partition coefficient (Wildman–Crippen LogP) is 1.34. The normalized spacial score (nSPS) is 23.7. The van der Waals surface area contributed by atoms with Gasteiger partial charge in [-0.25, -0.2) is 4.79 Å². The molecule has 2 amide bonds. The number of carboxylic acid groups (broad SMARTS) is 1. The smallest absolute Gasteiger partial charge is 0.326 e. The quantitative estimate of drug-likeness (QED) is 0.590. The number of likely N-dealkylation sites (tertiary alicyclic amines) is 1. The molecule has 2 N–H and O–H groups in total. The van der Waals surface area contributed by atoms with Crippen LogP contribution in [0, 0.1) is 28.9 Å². The fourth-order valence-corrected chi connectivity index (χ4v) is 4.24. The van der Waals surface area contributed by atoms with Gasteiger partial charge < -0.3 is 15.3 Å². The number of aryl methyl sites for hydroxylation is 1. The summed E-state index contributed by atoms with van der Waals surface area (Å²) in [6.07, 6.45) is 2.71. The molecular formula is C18H21N3O6. The van der Waals surface area contributed by atoms with Crippen LogP contribution in [0.2, 0.25) is 0 Å². The summed E-state index contributed by atoms with van der Waals surface area (Å²) in [5.41, 5.74) is 0.465. The number of aliphatic carboxylic acids is 1. The van der Waals surface area contributed by atoms with Crippen LogP contribution >= 0.6 is 0 Å². The second kappa shape index (κ2) is 7.34. The molecule has 0 radical (unpaired) electrons. The number of nitrogens with one attached hydrogen (secondary N) is 1. The summed E-state index contributed by atoms with van der Waals surface area (Å²) in [6.45, 7) is 1.63. The molecule has 1 aliphatic carbocycles. The number of carboxylic acids is 1. The Labute approximate surface area is 155 Å². The maximum atomic E-state index is 12.5. The average Bonchev–Trinajstić information content (AvgIpc) is 3.19. The molecule has 9 nitrogen and oxygen atoms in total. The first-order chi connectivity index (χ1) is 12.8. The van der Waals surface area contributed by atoms with Crippen molar-refractivity contribution in [3.05, 3.63) is 39.4 Å². The van der Waals surface area contributed by atoms with Crippen LogP contribution in [0.4, 0.5) is 5.69 Å². The fourth-order valence-electron chi connectivity index (χ4n) is 4.24. The highest BCUT2D eigenvalue weighted by atomic mass is 16.6. The number of nitrogens with zero attached hydrogens (tertiary/aromatic N) is 2. The number of nitro groups is 1. The number of rotatable bonds is 5. The third kappa shape index (κ3) is 3.62. The molecule has 1 aromatic rings. The Hall–Kier alpha value is -2.97. The summed E-state index contributed by atoms with van der Waals surface area (Å²) in [7, 11) is 0. The molecule has 3 rings (SSSR count). The molecule has 2 fully saturated rings. The molecule has 1 saturated heterocycles. The van der Waals surface area contributed by atoms with Gasteiger partial charge in [-0.15, -0.1) is 0 Å². The van der Waals surface area contributed by atoms with E-state index in [-0.39, 0.29) is 29.6 Å². The molecule has 9 heteroatoms. The Balaban J connectivity index is 1.63. The van der Waals surface area contributed by atoms with E-state index in [4.69, 9.17) is 0 Å². The number of hydrogen-bond acceptors (Lipinski definition) is 5. The minimum absolute atomic E-state index is 0.0144. The van der Waals surface area contributed by atoms with Crippen molar-refractivity contribution >= 4 is 23.5 Å². The van der Waals surface area contributed by atoms with Crippen molar-refractivity contribution in [3.63, 3.8) is 0 Å². The molecule has 144 valence electrons. The van der Waals surface area contributed by atoms with Gasteiger partial charge in [-0.05, 0) is 43.7 Å². The van der Waals surface area contributed by atoms with Crippen LogP contribution in [0.3, 0.4) is 0 Å². The highest BCUT2D eigenvalue weighted by molar-refractivity contribution is 5.97. The molecule has 1 saturated carbocycles. The zero-order valence-corrected chi connectivity index (χ0v) is 14.9. The lowest BCUT2D eigenvalue weighted by atomic mass is 9.94. The minimum atomic E-state index is -1.00. The lowest BCUT2D eigenvalue weighted by Crippen LogP contribution is -2.47. The van der Waals surface area contributed by atoms with Crippen LogP contribution in [0.15, 0.2) is 18.2 Å². The van der Waals surface area contributed by atoms with E-state index in [2.05, 4.69) is 5.32 Å². The number of fused-ring (bicyclic) bond motifs is 1. The van der Waals surface area contributed by atoms with Crippen LogP contribution in [0.25, 0.3) is 0 Å². The molecule has 2 aliphatic rings. The average molecular weight is 375 g/mol. The van der Waals surface area contributed by atoms with E-state index in [9.17, 15) is 29.6 Å². The number of amides is 2. The van der Waals surface area contributed by atoms with E-state index in [1.165, 1.54) is 30.0 Å². The first-order valence-electron chi connectivity index (χ1n) is 8.85. The van der Waals surface area contributed by atoms with Gasteiger partial charge >= 0.3 is 5.97 Å². The summed E-state index contributed by atoms with van der Waals surface area (Å²) in [5.74, 6) is -1.77. The monoisotopic (exact) mass is 375 g/mol. The van der Waals surface area contributed by atoms with Crippen molar-refractivity contribution in [1.29, 1.82) is 0 Å². The Morgan fingerprint density at radius 2 is 2.07 bits per heavy atom. The molecular weight excluding hydrogens is 354 g/mol. The van der Waals surface area contributed by atoms with Crippen LogP contribution in [-0.2, 0) is 9.59 Å². The summed E-state index contributed by atoms with van der Waals surface area (Å²) in [6, 6.07) is 3.13. The largest absolute Gasteiger partial charge is 0.480 e. The Bertz CT molecular complexity index is 808. The zero-order chi connectivity index (χ0) is 19.7. The molecule has 1 heterocycles. The molecule has 1 aromatic carbocycles. The number of benzene rings is 1. The van der Waals surface area contributed by atoms with Gasteiger partial charge in [-0.1, -0.05) is 6.42 Å². The van der Waals surface area contributed by atoms with Crippen molar-refractivity contribution in [3.8, 4) is 0 Å². The van der Waals surface area contributed by atoms with E-state index in [1.54, 1.807) is 0 Å². The van der Waals surface area contributed by atoms with Gasteiger partial charge in [0.15, 0.2) is 0 Å². The third-order valence-corrected chi connectivity index (χ3v) is 5.52. The summed E-state index contributed by atoms with van der Waals surface area (Å²) in [5, 5.41) is 22.8. The Morgan fingerprint density at radius 3 is 2.70 bits per heavy atom. The van der Waals surface area contributed by atoms with Crippen molar-refractivity contribution in [2.45, 2.75) is 32.2 Å². The first kappa shape index (κ1) is 18.8. The van der Waals surface area contributed by atoms with Gasteiger partial charge in [-0.2, -0.15) is 0 Å². The van der Waals surface area contributed by atoms with Gasteiger partial charge in [0.1, 0.15) is 6.04 Å². The molecule has 0 bridgehead atoms. The number of nitro benzene ring substituents is 1. The highest BCUT2D eigenvalue weighted by Gasteiger charge is 2.49. The van der Waals surface area contributed by atoms with Gasteiger partial charge in [0, 0.05) is 23.7 Å². The molecule has 3 unspecified atom stereocenters. The van der Waals surface area contributed by atoms with E-state index in [0.29, 0.717) is 12.1 Å². The number of hydrogen-bond donors (Lipinski definition) is 2. The van der Waals surface area contributed by atoms with E-state index >= 15 is 0 Å². The Kier molecular flexibility index (Phi) is 5.11. The van der Waals surface area contributed by atoms with Crippen molar-refractivity contribution in [1.82, 2.24) is 10.2 Å². The number of carbonyl (C=O) groups excluding carboxylic acids is 2. The van der Waals surface area contributed by atoms with Crippen LogP contribution in [0.1, 0.15) is 35.2 Å². The maximum Gasteiger partial charge on any atom is 0.326 e. The summed E-state index contributed by atoms with van der Waals surface area (Å²) >= 11 is 0. The highest BCUT2D eigenvalue weighted by Crippen LogP contribution is 2.42. The van der Waals surface area contributed by atoms with Gasteiger partial charge in [0.05, 0.1) is 11.5 Å². The molecule has 0 spiro atoms. The molecule has 0 aromatic heterocycles. The minimum Gasteiger partial charge on any atom is -0.480 e.